The molecule has 1 aromatic carbocycles. The number of methoxy groups -OCH3 is 1. The molecule has 78 valence electrons. The first-order chi connectivity index (χ1) is 7.22. The van der Waals surface area contributed by atoms with E-state index in [0.717, 1.165) is 4.47 Å². The number of rotatable bonds is 2. The predicted molar refractivity (Wildman–Crippen MR) is 58.2 cm³/mol. The first-order valence-electron chi connectivity index (χ1n) is 3.84. The van der Waals surface area contributed by atoms with Crippen molar-refractivity contribution in [3.63, 3.8) is 0 Å². The molecule has 0 saturated heterocycles. The van der Waals surface area contributed by atoms with Gasteiger partial charge in [0.05, 0.1) is 7.11 Å². The van der Waals surface area contributed by atoms with Crippen LogP contribution in [-0.2, 0) is 0 Å². The van der Waals surface area contributed by atoms with E-state index in [1.165, 1.54) is 7.11 Å². The van der Waals surface area contributed by atoms with Crippen molar-refractivity contribution in [1.29, 1.82) is 0 Å². The zero-order valence-electron chi connectivity index (χ0n) is 7.75. The van der Waals surface area contributed by atoms with Crippen molar-refractivity contribution in [3.8, 4) is 5.75 Å². The fourth-order valence-corrected chi connectivity index (χ4v) is 1.39. The predicted octanol–water partition coefficient (Wildman–Crippen LogP) is 2.90. The molecule has 0 aliphatic rings. The second-order valence-electron chi connectivity index (χ2n) is 2.46. The molecule has 6 nitrogen and oxygen atoms in total. The number of ether oxygens (including phenoxy) is 1. The van der Waals surface area contributed by atoms with Gasteiger partial charge in [0.25, 0.3) is 0 Å². The van der Waals surface area contributed by atoms with E-state index in [1.54, 1.807) is 18.2 Å². The summed E-state index contributed by atoms with van der Waals surface area (Å²) in [5.74, 6) is 0.314. The second kappa shape index (κ2) is 5.23. The number of nitrogens with zero attached hydrogens (tertiary/aromatic N) is 4. The van der Waals surface area contributed by atoms with Gasteiger partial charge in [0.15, 0.2) is 5.84 Å². The Bertz CT molecular complexity index is 440. The Morgan fingerprint density at radius 3 is 2.87 bits per heavy atom. The molecule has 0 saturated carbocycles. The van der Waals surface area contributed by atoms with E-state index in [4.69, 9.17) is 15.5 Å². The molecule has 7 heteroatoms. The highest BCUT2D eigenvalue weighted by atomic mass is 79.9. The molecule has 0 bridgehead atoms. The Hall–Kier alpha value is -1.72. The van der Waals surface area contributed by atoms with E-state index < -0.39 is 0 Å². The molecule has 0 aliphatic heterocycles. The van der Waals surface area contributed by atoms with Gasteiger partial charge >= 0.3 is 0 Å². The fourth-order valence-electron chi connectivity index (χ4n) is 1.03. The Kier molecular flexibility index (Phi) is 3.96. The standard InChI is InChI=1S/C8H7BrN4O2/c1-15-7-3-2-5(9)4-6(7)8(12-14)11-13-10/h2-4,14H,1H3/b12-8-. The lowest BCUT2D eigenvalue weighted by Crippen LogP contribution is -2.00. The maximum Gasteiger partial charge on any atom is 0.176 e. The summed E-state index contributed by atoms with van der Waals surface area (Å²) in [6, 6.07) is 5.05. The first-order valence-corrected chi connectivity index (χ1v) is 4.63. The molecule has 0 amide bonds. The first kappa shape index (κ1) is 11.4. The summed E-state index contributed by atoms with van der Waals surface area (Å²) in [5, 5.41) is 14.8. The molecule has 0 aromatic heterocycles. The van der Waals surface area contributed by atoms with Crippen LogP contribution >= 0.6 is 15.9 Å². The summed E-state index contributed by atoms with van der Waals surface area (Å²) in [4.78, 5) is 2.55. The van der Waals surface area contributed by atoms with Crippen LogP contribution in [0.5, 0.6) is 5.75 Å². The average Bonchev–Trinajstić information content (AvgIpc) is 2.26. The number of azide groups is 1. The molecule has 15 heavy (non-hydrogen) atoms. The zero-order chi connectivity index (χ0) is 11.3. The van der Waals surface area contributed by atoms with E-state index in [1.807, 2.05) is 0 Å². The van der Waals surface area contributed by atoms with Crippen LogP contribution in [0.1, 0.15) is 5.56 Å². The number of hydrogen-bond acceptors (Lipinski definition) is 3. The van der Waals surface area contributed by atoms with E-state index in [-0.39, 0.29) is 5.84 Å². The Morgan fingerprint density at radius 2 is 2.33 bits per heavy atom. The summed E-state index contributed by atoms with van der Waals surface area (Å²) in [6.07, 6.45) is 0. The third-order valence-electron chi connectivity index (χ3n) is 1.64. The highest BCUT2D eigenvalue weighted by Crippen LogP contribution is 2.24. The quantitative estimate of drug-likeness (QED) is 0.170. The van der Waals surface area contributed by atoms with E-state index >= 15 is 0 Å². The molecule has 0 unspecified atom stereocenters. The van der Waals surface area contributed by atoms with Crippen LogP contribution in [0.25, 0.3) is 10.4 Å². The molecule has 1 aromatic rings. The van der Waals surface area contributed by atoms with Gasteiger partial charge in [-0.15, -0.1) is 0 Å². The smallest absolute Gasteiger partial charge is 0.176 e. The minimum Gasteiger partial charge on any atom is -0.496 e. The van der Waals surface area contributed by atoms with Crippen molar-refractivity contribution >= 4 is 21.8 Å². The number of hydrogen-bond donors (Lipinski definition) is 1. The van der Waals surface area contributed by atoms with Gasteiger partial charge in [0, 0.05) is 14.9 Å². The lowest BCUT2D eigenvalue weighted by Gasteiger charge is -2.06. The van der Waals surface area contributed by atoms with Gasteiger partial charge in [-0.05, 0) is 28.8 Å². The van der Waals surface area contributed by atoms with Gasteiger partial charge in [-0.25, -0.2) is 0 Å². The summed E-state index contributed by atoms with van der Waals surface area (Å²) in [7, 11) is 1.47. The highest BCUT2D eigenvalue weighted by molar-refractivity contribution is 9.10. The van der Waals surface area contributed by atoms with Crippen molar-refractivity contribution in [3.05, 3.63) is 38.7 Å². The lowest BCUT2D eigenvalue weighted by atomic mass is 10.2. The molecule has 0 radical (unpaired) electrons. The van der Waals surface area contributed by atoms with Crippen LogP contribution in [0.2, 0.25) is 0 Å². The Morgan fingerprint density at radius 1 is 1.60 bits per heavy atom. The van der Waals surface area contributed by atoms with Gasteiger partial charge in [0.2, 0.25) is 0 Å². The number of halogens is 1. The third-order valence-corrected chi connectivity index (χ3v) is 2.13. The van der Waals surface area contributed by atoms with Crippen LogP contribution in [0.15, 0.2) is 32.9 Å². The van der Waals surface area contributed by atoms with Gasteiger partial charge in [-0.3, -0.25) is 0 Å². The summed E-state index contributed by atoms with van der Waals surface area (Å²) >= 11 is 3.25. The molecule has 0 heterocycles. The normalized spacial score (nSPS) is 10.7. The van der Waals surface area contributed by atoms with Gasteiger partial charge in [0.1, 0.15) is 5.75 Å². The largest absolute Gasteiger partial charge is 0.496 e. The molecule has 0 spiro atoms. The van der Waals surface area contributed by atoms with Crippen molar-refractivity contribution in [1.82, 2.24) is 0 Å². The average molecular weight is 271 g/mol. The lowest BCUT2D eigenvalue weighted by molar-refractivity contribution is 0.318. The molecule has 0 fully saturated rings. The molecular formula is C8H7BrN4O2. The van der Waals surface area contributed by atoms with E-state index in [2.05, 4.69) is 31.1 Å². The zero-order valence-corrected chi connectivity index (χ0v) is 9.34. The van der Waals surface area contributed by atoms with Gasteiger partial charge in [-0.2, -0.15) is 0 Å². The minimum atomic E-state index is -0.143. The third kappa shape index (κ3) is 2.61. The van der Waals surface area contributed by atoms with Crippen molar-refractivity contribution in [2.24, 2.45) is 10.3 Å². The van der Waals surface area contributed by atoms with Crippen LogP contribution in [-0.4, -0.2) is 18.2 Å². The van der Waals surface area contributed by atoms with Gasteiger partial charge < -0.3 is 9.94 Å². The summed E-state index contributed by atoms with van der Waals surface area (Å²) in [6.45, 7) is 0. The maximum atomic E-state index is 8.67. The number of oxime groups is 1. The van der Waals surface area contributed by atoms with E-state index in [9.17, 15) is 0 Å². The van der Waals surface area contributed by atoms with E-state index in [0.29, 0.717) is 11.3 Å². The van der Waals surface area contributed by atoms with Crippen molar-refractivity contribution in [2.75, 3.05) is 7.11 Å². The molecule has 1 N–H and O–H groups in total. The minimum absolute atomic E-state index is 0.143. The molecule has 0 atom stereocenters. The molecular weight excluding hydrogens is 264 g/mol. The monoisotopic (exact) mass is 270 g/mol. The Balaban J connectivity index is 3.32. The van der Waals surface area contributed by atoms with Crippen LogP contribution in [0.4, 0.5) is 0 Å². The molecule has 1 rings (SSSR count). The van der Waals surface area contributed by atoms with Crippen molar-refractivity contribution in [2.45, 2.75) is 0 Å². The van der Waals surface area contributed by atoms with Crippen LogP contribution in [0.3, 0.4) is 0 Å². The van der Waals surface area contributed by atoms with Crippen LogP contribution < -0.4 is 4.74 Å². The van der Waals surface area contributed by atoms with Gasteiger partial charge in [-0.1, -0.05) is 21.1 Å². The second-order valence-corrected chi connectivity index (χ2v) is 3.37. The number of benzene rings is 1. The molecule has 0 aliphatic carbocycles. The van der Waals surface area contributed by atoms with Crippen LogP contribution in [0, 0.1) is 0 Å². The number of amidine groups is 1. The fraction of sp³-hybridized carbons (Fsp3) is 0.125. The summed E-state index contributed by atoms with van der Waals surface area (Å²) in [5.41, 5.74) is 8.69. The van der Waals surface area contributed by atoms with Crippen molar-refractivity contribution < 1.29 is 9.94 Å². The Labute approximate surface area is 93.9 Å². The SMILES string of the molecule is COc1ccc(Br)cc1/C(N=[N+]=[N-])=N/O. The summed E-state index contributed by atoms with van der Waals surface area (Å²) < 4.78 is 5.79. The topological polar surface area (TPSA) is 90.6 Å². The highest BCUT2D eigenvalue weighted by Gasteiger charge is 2.09. The maximum absolute atomic E-state index is 8.67.